The lowest BCUT2D eigenvalue weighted by Crippen LogP contribution is -2.54. The Balaban J connectivity index is 2.29. The Morgan fingerprint density at radius 2 is 2.13 bits per heavy atom. The molecule has 4 nitrogen and oxygen atoms in total. The molecule has 1 aromatic rings. The molecule has 4 heteroatoms. The van der Waals surface area contributed by atoms with Gasteiger partial charge in [0.1, 0.15) is 5.54 Å². The summed E-state index contributed by atoms with van der Waals surface area (Å²) in [7, 11) is 3.58. The molecule has 1 unspecified atom stereocenters. The van der Waals surface area contributed by atoms with Gasteiger partial charge in [-0.3, -0.25) is 4.79 Å². The van der Waals surface area contributed by atoms with E-state index in [1.807, 2.05) is 44.3 Å². The van der Waals surface area contributed by atoms with Gasteiger partial charge in [-0.05, 0) is 38.4 Å². The molecular formula is C19H30N2O2. The van der Waals surface area contributed by atoms with Crippen LogP contribution in [0.2, 0.25) is 0 Å². The van der Waals surface area contributed by atoms with Crippen molar-refractivity contribution in [2.75, 3.05) is 20.7 Å². The highest BCUT2D eigenvalue weighted by Gasteiger charge is 2.43. The molecule has 0 aromatic heterocycles. The number of rotatable bonds is 8. The lowest BCUT2D eigenvalue weighted by atomic mass is 9.76. The maximum atomic E-state index is 13.4. The van der Waals surface area contributed by atoms with E-state index in [2.05, 4.69) is 17.6 Å². The van der Waals surface area contributed by atoms with E-state index >= 15 is 0 Å². The predicted molar refractivity (Wildman–Crippen MR) is 93.5 cm³/mol. The summed E-state index contributed by atoms with van der Waals surface area (Å²) >= 11 is 0. The van der Waals surface area contributed by atoms with Gasteiger partial charge in [0.15, 0.2) is 5.78 Å². The average molecular weight is 318 g/mol. The molecule has 1 fully saturated rings. The van der Waals surface area contributed by atoms with Crippen LogP contribution in [-0.4, -0.2) is 38.6 Å². The van der Waals surface area contributed by atoms with Crippen molar-refractivity contribution in [2.24, 2.45) is 5.92 Å². The second-order valence-electron chi connectivity index (χ2n) is 6.43. The fourth-order valence-corrected chi connectivity index (χ4v) is 3.93. The Morgan fingerprint density at radius 1 is 1.43 bits per heavy atom. The number of carbonyl (C=O) groups excluding carboxylic acids is 1. The van der Waals surface area contributed by atoms with E-state index in [4.69, 9.17) is 4.74 Å². The van der Waals surface area contributed by atoms with Gasteiger partial charge in [-0.1, -0.05) is 44.2 Å². The number of likely N-dealkylation sites (N-methyl/N-ethyl adjacent to an activating group) is 1. The summed E-state index contributed by atoms with van der Waals surface area (Å²) in [5, 5.41) is 6.78. The highest BCUT2D eigenvalue weighted by Crippen LogP contribution is 2.32. The number of Topliss-reactive ketones (excluding diaryl/α,β-unsaturated/α-hetero) is 1. The van der Waals surface area contributed by atoms with Crippen molar-refractivity contribution in [1.82, 2.24) is 10.6 Å². The van der Waals surface area contributed by atoms with Gasteiger partial charge in [0, 0.05) is 19.1 Å². The Labute approximate surface area is 140 Å². The van der Waals surface area contributed by atoms with Gasteiger partial charge in [-0.2, -0.15) is 0 Å². The number of carbonyl (C=O) groups is 1. The second kappa shape index (κ2) is 8.04. The van der Waals surface area contributed by atoms with Gasteiger partial charge in [0.25, 0.3) is 0 Å². The summed E-state index contributed by atoms with van der Waals surface area (Å²) in [6, 6.07) is 10.3. The maximum Gasteiger partial charge on any atom is 0.162 e. The number of hydrogen-bond acceptors (Lipinski definition) is 4. The number of ether oxygens (including phenoxy) is 1. The predicted octanol–water partition coefficient (Wildman–Crippen LogP) is 2.48. The molecule has 4 atom stereocenters. The first kappa shape index (κ1) is 18.1. The zero-order chi connectivity index (χ0) is 16.9. The largest absolute Gasteiger partial charge is 0.379 e. The molecule has 2 N–H and O–H groups in total. The monoisotopic (exact) mass is 318 g/mol. The van der Waals surface area contributed by atoms with Crippen LogP contribution in [0, 0.1) is 5.92 Å². The van der Waals surface area contributed by atoms with Crippen LogP contribution >= 0.6 is 0 Å². The van der Waals surface area contributed by atoms with Gasteiger partial charge < -0.3 is 15.4 Å². The maximum absolute atomic E-state index is 13.4. The molecular weight excluding hydrogens is 288 g/mol. The van der Waals surface area contributed by atoms with Crippen LogP contribution in [0.15, 0.2) is 30.3 Å². The van der Waals surface area contributed by atoms with Crippen LogP contribution in [0.5, 0.6) is 0 Å². The summed E-state index contributed by atoms with van der Waals surface area (Å²) in [5.74, 6) is 0.0254. The van der Waals surface area contributed by atoms with Crippen LogP contribution in [0.25, 0.3) is 0 Å². The number of hydrogen-bond donors (Lipinski definition) is 2. The van der Waals surface area contributed by atoms with E-state index in [1.54, 1.807) is 7.11 Å². The molecule has 0 radical (unpaired) electrons. The number of nitrogens with one attached hydrogen (secondary N) is 2. The minimum absolute atomic E-state index is 0.0898. The third kappa shape index (κ3) is 3.49. The molecule has 128 valence electrons. The van der Waals surface area contributed by atoms with Gasteiger partial charge in [-0.15, -0.1) is 0 Å². The zero-order valence-electron chi connectivity index (χ0n) is 14.8. The van der Waals surface area contributed by atoms with Gasteiger partial charge >= 0.3 is 0 Å². The first-order chi connectivity index (χ1) is 11.1. The van der Waals surface area contributed by atoms with Crippen molar-refractivity contribution < 1.29 is 9.53 Å². The van der Waals surface area contributed by atoms with Crippen LogP contribution in [0.1, 0.15) is 38.7 Å². The number of ketones is 1. The van der Waals surface area contributed by atoms with Crippen LogP contribution < -0.4 is 10.6 Å². The topological polar surface area (TPSA) is 50.4 Å². The summed E-state index contributed by atoms with van der Waals surface area (Å²) in [6.07, 6.45) is 2.84. The molecule has 1 heterocycles. The highest BCUT2D eigenvalue weighted by atomic mass is 16.5. The third-order valence-electron chi connectivity index (χ3n) is 5.32. The Bertz CT molecular complexity index is 493. The first-order valence-electron chi connectivity index (χ1n) is 8.65. The molecule has 23 heavy (non-hydrogen) atoms. The van der Waals surface area contributed by atoms with E-state index in [0.29, 0.717) is 6.42 Å². The normalized spacial score (nSPS) is 23.2. The molecule has 0 bridgehead atoms. The molecule has 0 amide bonds. The van der Waals surface area contributed by atoms with E-state index < -0.39 is 5.54 Å². The molecule has 1 saturated heterocycles. The summed E-state index contributed by atoms with van der Waals surface area (Å²) in [6.45, 7) is 5.07. The van der Waals surface area contributed by atoms with Crippen molar-refractivity contribution in [2.45, 2.75) is 50.8 Å². The van der Waals surface area contributed by atoms with Crippen LogP contribution in [-0.2, 0) is 15.1 Å². The molecule has 2 rings (SSSR count). The van der Waals surface area contributed by atoms with E-state index in [1.165, 1.54) is 0 Å². The molecule has 1 aliphatic heterocycles. The van der Waals surface area contributed by atoms with E-state index in [-0.39, 0.29) is 23.8 Å². The van der Waals surface area contributed by atoms with Gasteiger partial charge in [-0.25, -0.2) is 0 Å². The fourth-order valence-electron chi connectivity index (χ4n) is 3.93. The third-order valence-corrected chi connectivity index (χ3v) is 5.32. The lowest BCUT2D eigenvalue weighted by molar-refractivity contribution is -0.134. The molecule has 1 aromatic carbocycles. The van der Waals surface area contributed by atoms with Crippen LogP contribution in [0.3, 0.4) is 0 Å². The first-order valence-corrected chi connectivity index (χ1v) is 8.65. The zero-order valence-corrected chi connectivity index (χ0v) is 14.8. The lowest BCUT2D eigenvalue weighted by Gasteiger charge is -2.37. The quantitative estimate of drug-likeness (QED) is 0.773. The van der Waals surface area contributed by atoms with Gasteiger partial charge in [0.05, 0.1) is 6.10 Å². The van der Waals surface area contributed by atoms with Crippen molar-refractivity contribution in [3.8, 4) is 0 Å². The van der Waals surface area contributed by atoms with Gasteiger partial charge in [0.2, 0.25) is 0 Å². The van der Waals surface area contributed by atoms with Crippen LogP contribution in [0.4, 0.5) is 0 Å². The minimum atomic E-state index is -0.657. The second-order valence-corrected chi connectivity index (χ2v) is 6.43. The standard InChI is InChI=1S/C19H30N2O2/c1-5-19(20-3,15-10-7-6-8-11-15)18(22)14(2)17(23-4)16-12-9-13-21-16/h6-8,10-11,14,16-17,20-21H,5,9,12-13H2,1-4H3/t14-,16+,17-,19?/m1/s1. The smallest absolute Gasteiger partial charge is 0.162 e. The number of benzene rings is 1. The molecule has 1 aliphatic rings. The van der Waals surface area contributed by atoms with E-state index in [9.17, 15) is 4.79 Å². The Kier molecular flexibility index (Phi) is 6.33. The van der Waals surface area contributed by atoms with Crippen molar-refractivity contribution in [3.05, 3.63) is 35.9 Å². The summed E-state index contributed by atoms with van der Waals surface area (Å²) in [5.41, 5.74) is 0.367. The van der Waals surface area contributed by atoms with Crippen molar-refractivity contribution in [3.63, 3.8) is 0 Å². The Morgan fingerprint density at radius 3 is 2.61 bits per heavy atom. The SMILES string of the molecule is CCC(NC)(C(=O)[C@H](C)[C@@H](OC)[C@@H]1CCCN1)c1ccccc1. The van der Waals surface area contributed by atoms with Crippen molar-refractivity contribution >= 4 is 5.78 Å². The molecule has 0 spiro atoms. The molecule has 0 aliphatic carbocycles. The number of methoxy groups -OCH3 is 1. The fraction of sp³-hybridized carbons (Fsp3) is 0.632. The Hall–Kier alpha value is -1.23. The highest BCUT2D eigenvalue weighted by molar-refractivity contribution is 5.92. The van der Waals surface area contributed by atoms with Crippen molar-refractivity contribution in [1.29, 1.82) is 0 Å². The summed E-state index contributed by atoms with van der Waals surface area (Å²) in [4.78, 5) is 13.4. The minimum Gasteiger partial charge on any atom is -0.379 e. The summed E-state index contributed by atoms with van der Waals surface area (Å²) < 4.78 is 5.73. The van der Waals surface area contributed by atoms with E-state index in [0.717, 1.165) is 24.9 Å². The average Bonchev–Trinajstić information content (AvgIpc) is 3.12. The molecule has 0 saturated carbocycles.